The number of aromatic nitrogens is 1. The maximum absolute atomic E-state index is 12.8. The molecule has 0 aliphatic carbocycles. The van der Waals surface area contributed by atoms with Crippen molar-refractivity contribution in [2.45, 2.75) is 4.90 Å². The summed E-state index contributed by atoms with van der Waals surface area (Å²) in [5.74, 6) is 1.43. The highest BCUT2D eigenvalue weighted by Gasteiger charge is 2.26. The zero-order valence-corrected chi connectivity index (χ0v) is 17.5. The van der Waals surface area contributed by atoms with E-state index in [1.54, 1.807) is 24.3 Å². The topological polar surface area (TPSA) is 90.0 Å². The number of nitrogens with zero attached hydrogens (tertiary/aromatic N) is 2. The Kier molecular flexibility index (Phi) is 5.07. The van der Waals surface area contributed by atoms with Crippen molar-refractivity contribution in [3.8, 4) is 22.8 Å². The van der Waals surface area contributed by atoms with E-state index >= 15 is 0 Å². The average Bonchev–Trinajstić information content (AvgIpc) is 3.44. The van der Waals surface area contributed by atoms with E-state index in [-0.39, 0.29) is 11.7 Å². The van der Waals surface area contributed by atoms with Gasteiger partial charge in [0.2, 0.25) is 16.8 Å². The van der Waals surface area contributed by atoms with Crippen LogP contribution in [0.2, 0.25) is 0 Å². The molecule has 0 radical (unpaired) electrons. The Morgan fingerprint density at radius 3 is 2.57 bits per heavy atom. The smallest absolute Gasteiger partial charge is 0.243 e. The molecule has 2 aliphatic heterocycles. The minimum atomic E-state index is -3.50. The quantitative estimate of drug-likeness (QED) is 0.644. The molecule has 2 aliphatic rings. The zero-order valence-electron chi connectivity index (χ0n) is 15.9. The average molecular weight is 446 g/mol. The summed E-state index contributed by atoms with van der Waals surface area (Å²) in [6, 6.07) is 12.5. The lowest BCUT2D eigenvalue weighted by molar-refractivity contribution is 0.0730. The van der Waals surface area contributed by atoms with Crippen molar-refractivity contribution in [2.75, 3.05) is 38.4 Å². The summed E-state index contributed by atoms with van der Waals surface area (Å²) in [6.45, 7) is 1.85. The van der Waals surface area contributed by atoms with Crippen molar-refractivity contribution in [2.24, 2.45) is 0 Å². The molecule has 8 nitrogen and oxygen atoms in total. The number of morpholine rings is 1. The molecule has 0 spiro atoms. The lowest BCUT2D eigenvalue weighted by Gasteiger charge is -2.26. The van der Waals surface area contributed by atoms with Crippen LogP contribution in [0, 0.1) is 0 Å². The highest BCUT2D eigenvalue weighted by Crippen LogP contribution is 2.36. The van der Waals surface area contributed by atoms with E-state index in [4.69, 9.17) is 14.2 Å². The first kappa shape index (κ1) is 19.3. The third-order valence-corrected chi connectivity index (χ3v) is 7.56. The van der Waals surface area contributed by atoms with E-state index < -0.39 is 10.0 Å². The Labute approximate surface area is 178 Å². The molecule has 1 N–H and O–H groups in total. The van der Waals surface area contributed by atoms with Gasteiger partial charge in [-0.15, -0.1) is 11.3 Å². The van der Waals surface area contributed by atoms with E-state index in [1.807, 2.05) is 23.6 Å². The molecule has 0 saturated carbocycles. The number of sulfonamides is 1. The van der Waals surface area contributed by atoms with Crippen LogP contribution in [0.3, 0.4) is 0 Å². The fourth-order valence-electron chi connectivity index (χ4n) is 3.30. The molecule has 30 heavy (non-hydrogen) atoms. The molecule has 0 unspecified atom stereocenters. The standard InChI is InChI=1S/C20H19N3O5S2/c24-30(25,23-7-9-26-10-8-23)16-4-1-14(2-5-16)17-12-29-20(22-17)21-15-3-6-18-19(11-15)28-13-27-18/h1-6,11-12H,7-10,13H2,(H,21,22). The van der Waals surface area contributed by atoms with Gasteiger partial charge in [0.15, 0.2) is 16.6 Å². The molecule has 2 aromatic carbocycles. The van der Waals surface area contributed by atoms with Gasteiger partial charge in [-0.1, -0.05) is 12.1 Å². The van der Waals surface area contributed by atoms with Gasteiger partial charge in [0.05, 0.1) is 23.8 Å². The Balaban J connectivity index is 1.31. The van der Waals surface area contributed by atoms with Crippen molar-refractivity contribution >= 4 is 32.2 Å². The summed E-state index contributed by atoms with van der Waals surface area (Å²) in [6.07, 6.45) is 0. The van der Waals surface area contributed by atoms with Crippen LogP contribution in [0.4, 0.5) is 10.8 Å². The normalized spacial score (nSPS) is 16.5. The van der Waals surface area contributed by atoms with Crippen LogP contribution < -0.4 is 14.8 Å². The Bertz CT molecular complexity index is 1160. The fourth-order valence-corrected chi connectivity index (χ4v) is 5.44. The molecule has 1 fully saturated rings. The predicted octanol–water partition coefficient (Wildman–Crippen LogP) is 3.30. The summed E-state index contributed by atoms with van der Waals surface area (Å²) in [7, 11) is -3.50. The number of nitrogens with one attached hydrogen (secondary N) is 1. The minimum absolute atomic E-state index is 0.234. The number of ether oxygens (including phenoxy) is 3. The van der Waals surface area contributed by atoms with Gasteiger partial charge in [0.25, 0.3) is 0 Å². The summed E-state index contributed by atoms with van der Waals surface area (Å²) in [5, 5.41) is 5.92. The van der Waals surface area contributed by atoms with Gasteiger partial charge in [-0.2, -0.15) is 4.31 Å². The number of benzene rings is 2. The van der Waals surface area contributed by atoms with Gasteiger partial charge in [0.1, 0.15) is 0 Å². The largest absolute Gasteiger partial charge is 0.454 e. The monoisotopic (exact) mass is 445 g/mol. The molecular weight excluding hydrogens is 426 g/mol. The van der Waals surface area contributed by atoms with E-state index in [0.717, 1.165) is 27.8 Å². The molecule has 0 bridgehead atoms. The van der Waals surface area contributed by atoms with Crippen molar-refractivity contribution in [1.82, 2.24) is 9.29 Å². The van der Waals surface area contributed by atoms with Crippen LogP contribution in [0.15, 0.2) is 52.7 Å². The Hall–Kier alpha value is -2.66. The second kappa shape index (κ2) is 7.88. The lowest BCUT2D eigenvalue weighted by Crippen LogP contribution is -2.40. The zero-order chi connectivity index (χ0) is 20.6. The van der Waals surface area contributed by atoms with Crippen molar-refractivity contribution in [3.63, 3.8) is 0 Å². The first-order valence-electron chi connectivity index (χ1n) is 9.40. The molecule has 3 aromatic rings. The third kappa shape index (κ3) is 3.74. The summed E-state index contributed by atoms with van der Waals surface area (Å²) in [4.78, 5) is 4.89. The maximum atomic E-state index is 12.8. The molecule has 1 aromatic heterocycles. The number of hydrogen-bond acceptors (Lipinski definition) is 8. The van der Waals surface area contributed by atoms with Crippen molar-refractivity contribution in [1.29, 1.82) is 0 Å². The summed E-state index contributed by atoms with van der Waals surface area (Å²) < 4.78 is 42.9. The van der Waals surface area contributed by atoms with E-state index in [1.165, 1.54) is 15.6 Å². The first-order valence-corrected chi connectivity index (χ1v) is 11.7. The first-order chi connectivity index (χ1) is 14.6. The molecule has 0 atom stereocenters. The molecule has 5 rings (SSSR count). The minimum Gasteiger partial charge on any atom is -0.454 e. The second-order valence-electron chi connectivity index (χ2n) is 6.77. The predicted molar refractivity (Wildman–Crippen MR) is 113 cm³/mol. The van der Waals surface area contributed by atoms with Gasteiger partial charge in [-0.25, -0.2) is 13.4 Å². The molecular formula is C20H19N3O5S2. The molecule has 1 saturated heterocycles. The third-order valence-electron chi connectivity index (χ3n) is 4.89. The van der Waals surface area contributed by atoms with Gasteiger partial charge in [0, 0.05) is 35.8 Å². The van der Waals surface area contributed by atoms with Gasteiger partial charge in [-0.05, 0) is 24.3 Å². The van der Waals surface area contributed by atoms with Crippen LogP contribution in [0.1, 0.15) is 0 Å². The van der Waals surface area contributed by atoms with Crippen molar-refractivity contribution in [3.05, 3.63) is 47.8 Å². The number of anilines is 2. The summed E-state index contributed by atoms with van der Waals surface area (Å²) in [5.41, 5.74) is 2.48. The number of hydrogen-bond donors (Lipinski definition) is 1. The van der Waals surface area contributed by atoms with Crippen LogP contribution in [0.5, 0.6) is 11.5 Å². The van der Waals surface area contributed by atoms with E-state index in [2.05, 4.69) is 10.3 Å². The molecule has 156 valence electrons. The number of thiazole rings is 1. The number of fused-ring (bicyclic) bond motifs is 1. The van der Waals surface area contributed by atoms with Gasteiger partial charge in [-0.3, -0.25) is 0 Å². The summed E-state index contributed by atoms with van der Waals surface area (Å²) >= 11 is 1.47. The van der Waals surface area contributed by atoms with Crippen LogP contribution in [0.25, 0.3) is 11.3 Å². The Morgan fingerprint density at radius 1 is 1.00 bits per heavy atom. The highest BCUT2D eigenvalue weighted by atomic mass is 32.2. The van der Waals surface area contributed by atoms with Crippen LogP contribution >= 0.6 is 11.3 Å². The second-order valence-corrected chi connectivity index (χ2v) is 9.57. The van der Waals surface area contributed by atoms with E-state index in [9.17, 15) is 8.42 Å². The van der Waals surface area contributed by atoms with Crippen molar-refractivity contribution < 1.29 is 22.6 Å². The lowest BCUT2D eigenvalue weighted by atomic mass is 10.2. The number of rotatable bonds is 5. The SMILES string of the molecule is O=S(=O)(c1ccc(-c2csc(Nc3ccc4c(c3)OCO4)n2)cc1)N1CCOCC1. The molecule has 0 amide bonds. The fraction of sp³-hybridized carbons (Fsp3) is 0.250. The molecule has 10 heteroatoms. The van der Waals surface area contributed by atoms with Gasteiger partial charge < -0.3 is 19.5 Å². The van der Waals surface area contributed by atoms with E-state index in [0.29, 0.717) is 32.1 Å². The Morgan fingerprint density at radius 2 is 1.77 bits per heavy atom. The molecule has 3 heterocycles. The van der Waals surface area contributed by atoms with Crippen LogP contribution in [-0.4, -0.2) is 50.8 Å². The van der Waals surface area contributed by atoms with Crippen LogP contribution in [-0.2, 0) is 14.8 Å². The highest BCUT2D eigenvalue weighted by molar-refractivity contribution is 7.89. The maximum Gasteiger partial charge on any atom is 0.243 e. The van der Waals surface area contributed by atoms with Gasteiger partial charge >= 0.3 is 0 Å².